The molecular formula is C13H12N4S. The van der Waals surface area contributed by atoms with Gasteiger partial charge in [0.25, 0.3) is 0 Å². The Labute approximate surface area is 110 Å². The minimum atomic E-state index is 0.173. The summed E-state index contributed by atoms with van der Waals surface area (Å²) in [5.41, 5.74) is 2.49. The highest BCUT2D eigenvalue weighted by Gasteiger charge is 2.04. The van der Waals surface area contributed by atoms with Gasteiger partial charge >= 0.3 is 0 Å². The first-order chi connectivity index (χ1) is 8.69. The molecule has 0 unspecified atom stereocenters. The molecular weight excluding hydrogens is 244 g/mol. The Morgan fingerprint density at radius 3 is 2.61 bits per heavy atom. The van der Waals surface area contributed by atoms with E-state index in [1.807, 2.05) is 31.4 Å². The van der Waals surface area contributed by atoms with Gasteiger partial charge in [0.15, 0.2) is 0 Å². The van der Waals surface area contributed by atoms with Crippen molar-refractivity contribution in [1.29, 1.82) is 5.26 Å². The number of thiazole rings is 1. The van der Waals surface area contributed by atoms with Crippen LogP contribution in [0.2, 0.25) is 0 Å². The summed E-state index contributed by atoms with van der Waals surface area (Å²) < 4.78 is 0. The molecule has 1 heterocycles. The molecule has 0 amide bonds. The van der Waals surface area contributed by atoms with Crippen LogP contribution in [0.1, 0.15) is 19.4 Å². The first-order valence-electron chi connectivity index (χ1n) is 5.56. The third kappa shape index (κ3) is 2.99. The van der Waals surface area contributed by atoms with E-state index in [1.165, 1.54) is 11.3 Å². The number of aromatic nitrogens is 1. The van der Waals surface area contributed by atoms with Crippen LogP contribution < -0.4 is 0 Å². The van der Waals surface area contributed by atoms with Crippen molar-refractivity contribution in [2.75, 3.05) is 0 Å². The minimum Gasteiger partial charge on any atom is -0.217 e. The highest BCUT2D eigenvalue weighted by Crippen LogP contribution is 2.27. The van der Waals surface area contributed by atoms with Gasteiger partial charge in [-0.2, -0.15) is 10.4 Å². The summed E-state index contributed by atoms with van der Waals surface area (Å²) in [6, 6.07) is 9.60. The lowest BCUT2D eigenvalue weighted by molar-refractivity contribution is 0.778. The first kappa shape index (κ1) is 12.4. The summed E-state index contributed by atoms with van der Waals surface area (Å²) in [6.45, 7) is 3.94. The van der Waals surface area contributed by atoms with Crippen LogP contribution in [0, 0.1) is 11.3 Å². The van der Waals surface area contributed by atoms with E-state index >= 15 is 0 Å². The summed E-state index contributed by atoms with van der Waals surface area (Å²) in [4.78, 5) is 4.38. The first-order valence-corrected chi connectivity index (χ1v) is 6.44. The van der Waals surface area contributed by atoms with Crippen LogP contribution in [0.5, 0.6) is 0 Å². The molecule has 0 fully saturated rings. The maximum Gasteiger partial charge on any atom is 0.230 e. The monoisotopic (exact) mass is 256 g/mol. The fourth-order valence-corrected chi connectivity index (χ4v) is 1.97. The lowest BCUT2D eigenvalue weighted by Gasteiger charge is -1.95. The summed E-state index contributed by atoms with van der Waals surface area (Å²) in [5, 5.41) is 19.5. The van der Waals surface area contributed by atoms with Crippen molar-refractivity contribution >= 4 is 16.5 Å². The number of azo groups is 1. The second kappa shape index (κ2) is 5.52. The van der Waals surface area contributed by atoms with Crippen LogP contribution in [-0.4, -0.2) is 11.0 Å². The van der Waals surface area contributed by atoms with Crippen molar-refractivity contribution in [2.45, 2.75) is 19.9 Å². The van der Waals surface area contributed by atoms with Crippen molar-refractivity contribution in [3.8, 4) is 17.3 Å². The zero-order valence-corrected chi connectivity index (χ0v) is 11.0. The van der Waals surface area contributed by atoms with Crippen molar-refractivity contribution in [3.05, 3.63) is 35.2 Å². The third-order valence-electron chi connectivity index (χ3n) is 2.18. The van der Waals surface area contributed by atoms with Gasteiger partial charge in [-0.3, -0.25) is 0 Å². The molecule has 0 spiro atoms. The average molecular weight is 256 g/mol. The quantitative estimate of drug-likeness (QED) is 0.773. The van der Waals surface area contributed by atoms with E-state index in [2.05, 4.69) is 21.3 Å². The van der Waals surface area contributed by atoms with Crippen molar-refractivity contribution in [2.24, 2.45) is 10.2 Å². The fourth-order valence-electron chi connectivity index (χ4n) is 1.32. The van der Waals surface area contributed by atoms with E-state index in [4.69, 9.17) is 5.26 Å². The maximum absolute atomic E-state index is 8.73. The van der Waals surface area contributed by atoms with E-state index in [1.54, 1.807) is 12.1 Å². The Balaban J connectivity index is 2.21. The van der Waals surface area contributed by atoms with E-state index in [9.17, 15) is 0 Å². The molecule has 0 bridgehead atoms. The summed E-state index contributed by atoms with van der Waals surface area (Å²) >= 11 is 1.46. The van der Waals surface area contributed by atoms with Gasteiger partial charge in [-0.15, -0.1) is 16.5 Å². The van der Waals surface area contributed by atoms with Crippen LogP contribution in [-0.2, 0) is 0 Å². The lowest BCUT2D eigenvalue weighted by Crippen LogP contribution is -1.83. The molecule has 2 aromatic rings. The minimum absolute atomic E-state index is 0.173. The van der Waals surface area contributed by atoms with Gasteiger partial charge in [-0.25, -0.2) is 4.98 Å². The summed E-state index contributed by atoms with van der Waals surface area (Å²) in [6.07, 6.45) is 0. The van der Waals surface area contributed by atoms with E-state index in [-0.39, 0.29) is 6.04 Å². The van der Waals surface area contributed by atoms with Gasteiger partial charge < -0.3 is 0 Å². The van der Waals surface area contributed by atoms with Gasteiger partial charge in [0.1, 0.15) is 0 Å². The van der Waals surface area contributed by atoms with Crippen LogP contribution >= 0.6 is 11.3 Å². The zero-order valence-electron chi connectivity index (χ0n) is 10.2. The fraction of sp³-hybridized carbons (Fsp3) is 0.231. The second-order valence-corrected chi connectivity index (χ2v) is 4.85. The number of nitrogens with zero attached hydrogens (tertiary/aromatic N) is 4. The molecule has 0 atom stereocenters. The smallest absolute Gasteiger partial charge is 0.217 e. The second-order valence-electron chi connectivity index (χ2n) is 4.01. The molecule has 0 aliphatic carbocycles. The molecule has 2 rings (SSSR count). The van der Waals surface area contributed by atoms with Gasteiger partial charge in [-0.1, -0.05) is 12.1 Å². The van der Waals surface area contributed by atoms with Crippen molar-refractivity contribution < 1.29 is 0 Å². The molecule has 4 nitrogen and oxygen atoms in total. The molecule has 0 aliphatic heterocycles. The average Bonchev–Trinajstić information content (AvgIpc) is 2.85. The Bertz CT molecular complexity index is 590. The standard InChI is InChI=1S/C13H12N4S/c1-9(2)16-17-13-15-12(8-18-13)11-5-3-10(7-14)4-6-11/h3-6,8-9H,1-2H3. The number of rotatable bonds is 3. The number of benzene rings is 1. The predicted octanol–water partition coefficient (Wildman–Crippen LogP) is 4.17. The normalized spacial score (nSPS) is 11.0. The van der Waals surface area contributed by atoms with Crippen LogP contribution in [0.4, 0.5) is 5.13 Å². The van der Waals surface area contributed by atoms with Gasteiger partial charge in [0.2, 0.25) is 5.13 Å². The SMILES string of the molecule is CC(C)N=Nc1nc(-c2ccc(C#N)cc2)cs1. The molecule has 90 valence electrons. The Morgan fingerprint density at radius 1 is 1.28 bits per heavy atom. The topological polar surface area (TPSA) is 61.4 Å². The summed E-state index contributed by atoms with van der Waals surface area (Å²) in [5.74, 6) is 0. The van der Waals surface area contributed by atoms with E-state index in [0.717, 1.165) is 11.3 Å². The molecule has 0 aliphatic rings. The Hall–Kier alpha value is -2.06. The van der Waals surface area contributed by atoms with Crippen LogP contribution in [0.3, 0.4) is 0 Å². The number of nitriles is 1. The van der Waals surface area contributed by atoms with E-state index in [0.29, 0.717) is 10.7 Å². The summed E-state index contributed by atoms with van der Waals surface area (Å²) in [7, 11) is 0. The van der Waals surface area contributed by atoms with E-state index < -0.39 is 0 Å². The van der Waals surface area contributed by atoms with Gasteiger partial charge in [-0.05, 0) is 26.0 Å². The van der Waals surface area contributed by atoms with Gasteiger partial charge in [0.05, 0.1) is 23.4 Å². The largest absolute Gasteiger partial charge is 0.230 e. The molecule has 0 saturated carbocycles. The number of hydrogen-bond acceptors (Lipinski definition) is 5. The zero-order chi connectivity index (χ0) is 13.0. The molecule has 1 aromatic carbocycles. The van der Waals surface area contributed by atoms with Crippen LogP contribution in [0.25, 0.3) is 11.3 Å². The molecule has 0 radical (unpaired) electrons. The van der Waals surface area contributed by atoms with Crippen LogP contribution in [0.15, 0.2) is 39.9 Å². The van der Waals surface area contributed by atoms with Crippen molar-refractivity contribution in [1.82, 2.24) is 4.98 Å². The molecule has 1 aromatic heterocycles. The third-order valence-corrected chi connectivity index (χ3v) is 2.90. The van der Waals surface area contributed by atoms with Crippen molar-refractivity contribution in [3.63, 3.8) is 0 Å². The molecule has 5 heteroatoms. The number of hydrogen-bond donors (Lipinski definition) is 0. The Kier molecular flexibility index (Phi) is 3.80. The predicted molar refractivity (Wildman–Crippen MR) is 71.9 cm³/mol. The molecule has 0 N–H and O–H groups in total. The maximum atomic E-state index is 8.73. The molecule has 18 heavy (non-hydrogen) atoms. The highest BCUT2D eigenvalue weighted by atomic mass is 32.1. The Morgan fingerprint density at radius 2 is 2.00 bits per heavy atom. The van der Waals surface area contributed by atoms with Gasteiger partial charge in [0, 0.05) is 10.9 Å². The highest BCUT2D eigenvalue weighted by molar-refractivity contribution is 7.13. The lowest BCUT2D eigenvalue weighted by atomic mass is 10.1. The molecule has 0 saturated heterocycles.